The van der Waals surface area contributed by atoms with Crippen LogP contribution in [-0.2, 0) is 0 Å². The average molecular weight is 160 g/mol. The molecule has 1 saturated carbocycles. The third-order valence-corrected chi connectivity index (χ3v) is 2.48. The molecule has 0 aromatic heterocycles. The van der Waals surface area contributed by atoms with Crippen LogP contribution < -0.4 is 0 Å². The monoisotopic (exact) mass is 160 g/mol. The number of aryl methyl sites for hydroxylation is 1. The second-order valence-electron chi connectivity index (χ2n) is 3.51. The Bertz CT molecular complexity index is 311. The van der Waals surface area contributed by atoms with E-state index in [9.17, 15) is 4.79 Å². The van der Waals surface area contributed by atoms with Crippen molar-refractivity contribution < 1.29 is 4.79 Å². The molecule has 0 N–H and O–H groups in total. The Morgan fingerprint density at radius 2 is 2.17 bits per heavy atom. The fourth-order valence-corrected chi connectivity index (χ4v) is 1.46. The van der Waals surface area contributed by atoms with Crippen LogP contribution in [0.2, 0.25) is 0 Å². The van der Waals surface area contributed by atoms with Gasteiger partial charge in [-0.3, -0.25) is 4.79 Å². The van der Waals surface area contributed by atoms with Gasteiger partial charge in [-0.15, -0.1) is 0 Å². The molecule has 1 aromatic carbocycles. The fourth-order valence-electron chi connectivity index (χ4n) is 1.46. The summed E-state index contributed by atoms with van der Waals surface area (Å²) < 4.78 is 0. The van der Waals surface area contributed by atoms with E-state index in [2.05, 4.69) is 6.07 Å². The number of rotatable bonds is 2. The van der Waals surface area contributed by atoms with Crippen molar-refractivity contribution in [1.82, 2.24) is 0 Å². The maximum absolute atomic E-state index is 10.6. The van der Waals surface area contributed by atoms with Crippen molar-refractivity contribution >= 4 is 6.29 Å². The molecular weight excluding hydrogens is 148 g/mol. The van der Waals surface area contributed by atoms with Gasteiger partial charge in [-0.1, -0.05) is 12.1 Å². The number of carbonyl (C=O) groups is 1. The van der Waals surface area contributed by atoms with Crippen molar-refractivity contribution in [3.63, 3.8) is 0 Å². The van der Waals surface area contributed by atoms with E-state index in [0.717, 1.165) is 23.3 Å². The highest BCUT2D eigenvalue weighted by Crippen LogP contribution is 2.40. The Morgan fingerprint density at radius 3 is 2.75 bits per heavy atom. The van der Waals surface area contributed by atoms with Crippen LogP contribution >= 0.6 is 0 Å². The van der Waals surface area contributed by atoms with Crippen molar-refractivity contribution in [3.8, 4) is 0 Å². The number of hydrogen-bond donors (Lipinski definition) is 0. The van der Waals surface area contributed by atoms with E-state index in [1.165, 1.54) is 18.4 Å². The summed E-state index contributed by atoms with van der Waals surface area (Å²) in [5.41, 5.74) is 3.26. The first-order valence-electron chi connectivity index (χ1n) is 4.37. The summed E-state index contributed by atoms with van der Waals surface area (Å²) in [7, 11) is 0. The zero-order valence-electron chi connectivity index (χ0n) is 7.21. The summed E-state index contributed by atoms with van der Waals surface area (Å²) in [4.78, 5) is 10.6. The van der Waals surface area contributed by atoms with E-state index in [0.29, 0.717) is 0 Å². The van der Waals surface area contributed by atoms with E-state index >= 15 is 0 Å². The van der Waals surface area contributed by atoms with Gasteiger partial charge in [-0.05, 0) is 42.9 Å². The second kappa shape index (κ2) is 2.74. The van der Waals surface area contributed by atoms with E-state index in [4.69, 9.17) is 0 Å². The Balaban J connectivity index is 2.39. The van der Waals surface area contributed by atoms with Gasteiger partial charge < -0.3 is 0 Å². The standard InChI is InChI=1S/C11H12O/c1-8-2-3-10(9-4-5-9)6-11(8)7-12/h2-3,6-7,9H,4-5H2,1H3. The Kier molecular flexibility index (Phi) is 1.72. The maximum Gasteiger partial charge on any atom is 0.150 e. The normalized spacial score (nSPS) is 16.1. The molecule has 0 saturated heterocycles. The SMILES string of the molecule is Cc1ccc(C2CC2)cc1C=O. The molecule has 0 radical (unpaired) electrons. The predicted octanol–water partition coefficient (Wildman–Crippen LogP) is 2.68. The Labute approximate surface area is 72.4 Å². The predicted molar refractivity (Wildman–Crippen MR) is 48.5 cm³/mol. The van der Waals surface area contributed by atoms with Crippen LogP contribution in [0.1, 0.15) is 40.2 Å². The molecule has 1 fully saturated rings. The molecule has 1 aliphatic carbocycles. The lowest BCUT2D eigenvalue weighted by Gasteiger charge is -2.01. The third kappa shape index (κ3) is 1.27. The molecule has 1 aliphatic rings. The molecule has 0 heterocycles. The zero-order valence-corrected chi connectivity index (χ0v) is 7.21. The second-order valence-corrected chi connectivity index (χ2v) is 3.51. The van der Waals surface area contributed by atoms with Gasteiger partial charge in [0.2, 0.25) is 0 Å². The number of aldehydes is 1. The minimum absolute atomic E-state index is 0.740. The zero-order chi connectivity index (χ0) is 8.55. The first-order valence-corrected chi connectivity index (χ1v) is 4.37. The smallest absolute Gasteiger partial charge is 0.150 e. The highest BCUT2D eigenvalue weighted by molar-refractivity contribution is 5.77. The molecule has 1 nitrogen and oxygen atoms in total. The van der Waals surface area contributed by atoms with Gasteiger partial charge in [-0.25, -0.2) is 0 Å². The lowest BCUT2D eigenvalue weighted by Crippen LogP contribution is -1.88. The molecule has 0 atom stereocenters. The van der Waals surface area contributed by atoms with Gasteiger partial charge in [0.05, 0.1) is 0 Å². The Morgan fingerprint density at radius 1 is 1.42 bits per heavy atom. The van der Waals surface area contributed by atoms with Crippen molar-refractivity contribution in [2.45, 2.75) is 25.7 Å². The van der Waals surface area contributed by atoms with Gasteiger partial charge in [-0.2, -0.15) is 0 Å². The Hall–Kier alpha value is -1.11. The van der Waals surface area contributed by atoms with Gasteiger partial charge in [0.15, 0.2) is 0 Å². The number of hydrogen-bond acceptors (Lipinski definition) is 1. The van der Waals surface area contributed by atoms with Crippen molar-refractivity contribution in [1.29, 1.82) is 0 Å². The maximum atomic E-state index is 10.6. The first-order chi connectivity index (χ1) is 5.81. The van der Waals surface area contributed by atoms with E-state index < -0.39 is 0 Å². The van der Waals surface area contributed by atoms with E-state index in [1.807, 2.05) is 19.1 Å². The number of benzene rings is 1. The summed E-state index contributed by atoms with van der Waals surface area (Å²) in [5.74, 6) is 0.740. The van der Waals surface area contributed by atoms with Gasteiger partial charge in [0.1, 0.15) is 6.29 Å². The molecule has 2 rings (SSSR count). The van der Waals surface area contributed by atoms with Crippen LogP contribution in [0.5, 0.6) is 0 Å². The minimum atomic E-state index is 0.740. The van der Waals surface area contributed by atoms with Gasteiger partial charge in [0, 0.05) is 5.56 Å². The molecule has 0 unspecified atom stereocenters. The van der Waals surface area contributed by atoms with Gasteiger partial charge in [0.25, 0.3) is 0 Å². The summed E-state index contributed by atoms with van der Waals surface area (Å²) >= 11 is 0. The largest absolute Gasteiger partial charge is 0.298 e. The van der Waals surface area contributed by atoms with E-state index in [-0.39, 0.29) is 0 Å². The summed E-state index contributed by atoms with van der Waals surface area (Å²) in [6, 6.07) is 6.21. The topological polar surface area (TPSA) is 17.1 Å². The van der Waals surface area contributed by atoms with Crippen molar-refractivity contribution in [2.75, 3.05) is 0 Å². The number of carbonyl (C=O) groups excluding carboxylic acids is 1. The molecule has 0 bridgehead atoms. The molecule has 62 valence electrons. The lowest BCUT2D eigenvalue weighted by molar-refractivity contribution is 0.112. The summed E-state index contributed by atoms with van der Waals surface area (Å²) in [6.07, 6.45) is 3.53. The summed E-state index contributed by atoms with van der Waals surface area (Å²) in [6.45, 7) is 1.97. The highest BCUT2D eigenvalue weighted by atomic mass is 16.1. The molecule has 1 aromatic rings. The van der Waals surface area contributed by atoms with Crippen LogP contribution in [0, 0.1) is 6.92 Å². The lowest BCUT2D eigenvalue weighted by atomic mass is 10.0. The van der Waals surface area contributed by atoms with Crippen LogP contribution in [0.15, 0.2) is 18.2 Å². The van der Waals surface area contributed by atoms with E-state index in [1.54, 1.807) is 0 Å². The molecular formula is C11H12O. The van der Waals surface area contributed by atoms with Crippen LogP contribution in [0.4, 0.5) is 0 Å². The molecule has 0 amide bonds. The molecule has 1 heteroatoms. The molecule has 12 heavy (non-hydrogen) atoms. The van der Waals surface area contributed by atoms with Crippen molar-refractivity contribution in [2.24, 2.45) is 0 Å². The van der Waals surface area contributed by atoms with Crippen molar-refractivity contribution in [3.05, 3.63) is 34.9 Å². The highest BCUT2D eigenvalue weighted by Gasteiger charge is 2.23. The quantitative estimate of drug-likeness (QED) is 0.608. The fraction of sp³-hybridized carbons (Fsp3) is 0.364. The van der Waals surface area contributed by atoms with Crippen LogP contribution in [0.3, 0.4) is 0 Å². The molecule has 0 spiro atoms. The summed E-state index contributed by atoms with van der Waals surface area (Å²) in [5, 5.41) is 0. The van der Waals surface area contributed by atoms with Crippen LogP contribution in [-0.4, -0.2) is 6.29 Å². The van der Waals surface area contributed by atoms with Crippen LogP contribution in [0.25, 0.3) is 0 Å². The first kappa shape index (κ1) is 7.53. The van der Waals surface area contributed by atoms with Gasteiger partial charge >= 0.3 is 0 Å². The minimum Gasteiger partial charge on any atom is -0.298 e. The molecule has 0 aliphatic heterocycles. The average Bonchev–Trinajstić information content (AvgIpc) is 2.88. The third-order valence-electron chi connectivity index (χ3n) is 2.48.